The lowest BCUT2D eigenvalue weighted by Gasteiger charge is -2.34. The number of halogens is 1. The summed E-state index contributed by atoms with van der Waals surface area (Å²) in [5.41, 5.74) is 1.24. The number of methoxy groups -OCH3 is 1. The first-order chi connectivity index (χ1) is 13.2. The van der Waals surface area contributed by atoms with Crippen LogP contribution in [-0.4, -0.2) is 70.1 Å². The molecule has 28 heavy (non-hydrogen) atoms. The number of likely N-dealkylation sites (tertiary alicyclic amines) is 1. The van der Waals surface area contributed by atoms with E-state index in [4.69, 9.17) is 19.2 Å². The summed E-state index contributed by atoms with van der Waals surface area (Å²) in [6.45, 7) is 9.75. The van der Waals surface area contributed by atoms with Crippen LogP contribution in [0.1, 0.15) is 31.7 Å². The Kier molecular flexibility index (Phi) is 13.3. The Morgan fingerprint density at radius 3 is 2.50 bits per heavy atom. The van der Waals surface area contributed by atoms with Crippen molar-refractivity contribution in [3.63, 3.8) is 0 Å². The first kappa shape index (κ1) is 25.0. The molecule has 0 aliphatic carbocycles. The molecule has 0 saturated carbocycles. The molecule has 1 heterocycles. The first-order valence-electron chi connectivity index (χ1n) is 10.1. The van der Waals surface area contributed by atoms with Crippen LogP contribution in [0.2, 0.25) is 0 Å². The molecule has 160 valence electrons. The van der Waals surface area contributed by atoms with Gasteiger partial charge in [0.1, 0.15) is 12.4 Å². The van der Waals surface area contributed by atoms with Gasteiger partial charge in [-0.2, -0.15) is 0 Å². The third kappa shape index (κ3) is 9.43. The average molecular weight is 505 g/mol. The highest BCUT2D eigenvalue weighted by Gasteiger charge is 2.21. The predicted octanol–water partition coefficient (Wildman–Crippen LogP) is 3.47. The average Bonchev–Trinajstić information content (AvgIpc) is 2.69. The van der Waals surface area contributed by atoms with Crippen molar-refractivity contribution in [1.29, 1.82) is 0 Å². The molecule has 0 aromatic heterocycles. The zero-order chi connectivity index (χ0) is 19.3. The normalized spacial score (nSPS) is 15.2. The Balaban J connectivity index is 0.00000392. The standard InChI is InChI=1S/C21H35N3O3.HI/c1-4-22-21(23-12-17-27-19-8-6-18(2)7-9-19)24-13-10-20(11-14-24)26-16-5-15-25-3;/h6-9,20H,4-5,10-17H2,1-3H3,(H,22,23);1H. The monoisotopic (exact) mass is 505 g/mol. The maximum Gasteiger partial charge on any atom is 0.194 e. The fraction of sp³-hybridized carbons (Fsp3) is 0.667. The van der Waals surface area contributed by atoms with E-state index in [1.165, 1.54) is 5.56 Å². The Bertz CT molecular complexity index is 546. The summed E-state index contributed by atoms with van der Waals surface area (Å²) in [5.74, 6) is 1.87. The number of ether oxygens (including phenoxy) is 3. The molecule has 1 aromatic carbocycles. The highest BCUT2D eigenvalue weighted by atomic mass is 127. The number of nitrogens with zero attached hydrogens (tertiary/aromatic N) is 2. The molecule has 1 aliphatic rings. The maximum absolute atomic E-state index is 5.94. The molecule has 1 saturated heterocycles. The van der Waals surface area contributed by atoms with E-state index in [0.29, 0.717) is 19.3 Å². The van der Waals surface area contributed by atoms with Crippen molar-refractivity contribution in [2.24, 2.45) is 4.99 Å². The second kappa shape index (κ2) is 14.9. The van der Waals surface area contributed by atoms with Crippen LogP contribution in [0.3, 0.4) is 0 Å². The van der Waals surface area contributed by atoms with Gasteiger partial charge in [-0.3, -0.25) is 0 Å². The van der Waals surface area contributed by atoms with Gasteiger partial charge in [0, 0.05) is 40.0 Å². The van der Waals surface area contributed by atoms with Crippen LogP contribution in [0.15, 0.2) is 29.3 Å². The number of rotatable bonds is 10. The zero-order valence-electron chi connectivity index (χ0n) is 17.5. The topological polar surface area (TPSA) is 55.3 Å². The Labute approximate surface area is 187 Å². The number of hydrogen-bond acceptors (Lipinski definition) is 4. The van der Waals surface area contributed by atoms with E-state index in [1.807, 2.05) is 12.1 Å². The number of aryl methyl sites for hydroxylation is 1. The van der Waals surface area contributed by atoms with Gasteiger partial charge in [0.2, 0.25) is 0 Å². The van der Waals surface area contributed by atoms with Crippen molar-refractivity contribution in [2.45, 2.75) is 39.2 Å². The molecule has 1 fully saturated rings. The van der Waals surface area contributed by atoms with Gasteiger partial charge in [0.15, 0.2) is 5.96 Å². The molecule has 1 aliphatic heterocycles. The highest BCUT2D eigenvalue weighted by Crippen LogP contribution is 2.14. The third-order valence-corrected chi connectivity index (χ3v) is 4.57. The van der Waals surface area contributed by atoms with Crippen LogP contribution in [0, 0.1) is 6.92 Å². The van der Waals surface area contributed by atoms with Crippen molar-refractivity contribution >= 4 is 29.9 Å². The molecule has 2 rings (SSSR count). The van der Waals surface area contributed by atoms with Crippen LogP contribution in [0.25, 0.3) is 0 Å². The van der Waals surface area contributed by atoms with E-state index < -0.39 is 0 Å². The van der Waals surface area contributed by atoms with E-state index >= 15 is 0 Å². The number of guanidine groups is 1. The SMILES string of the molecule is CCNC(=NCCOc1ccc(C)cc1)N1CCC(OCCCOC)CC1.I. The van der Waals surface area contributed by atoms with Crippen molar-refractivity contribution < 1.29 is 14.2 Å². The molecule has 7 heteroatoms. The zero-order valence-corrected chi connectivity index (χ0v) is 19.8. The van der Waals surface area contributed by atoms with Crippen molar-refractivity contribution in [1.82, 2.24) is 10.2 Å². The second-order valence-electron chi connectivity index (χ2n) is 6.80. The summed E-state index contributed by atoms with van der Waals surface area (Å²) in [5, 5.41) is 3.40. The molecule has 0 atom stereocenters. The van der Waals surface area contributed by atoms with Crippen LogP contribution < -0.4 is 10.1 Å². The molecule has 0 radical (unpaired) electrons. The quantitative estimate of drug-likeness (QED) is 0.229. The minimum Gasteiger partial charge on any atom is -0.492 e. The van der Waals surface area contributed by atoms with Crippen molar-refractivity contribution in [3.8, 4) is 5.75 Å². The van der Waals surface area contributed by atoms with Crippen LogP contribution >= 0.6 is 24.0 Å². The Hall–Kier alpha value is -1.06. The van der Waals surface area contributed by atoms with E-state index in [-0.39, 0.29) is 24.0 Å². The summed E-state index contributed by atoms with van der Waals surface area (Å²) in [6, 6.07) is 8.12. The van der Waals surface area contributed by atoms with Gasteiger partial charge in [-0.05, 0) is 45.2 Å². The Morgan fingerprint density at radius 2 is 1.86 bits per heavy atom. The minimum absolute atomic E-state index is 0. The van der Waals surface area contributed by atoms with Crippen molar-refractivity contribution in [2.75, 3.05) is 53.1 Å². The summed E-state index contributed by atoms with van der Waals surface area (Å²) >= 11 is 0. The van der Waals surface area contributed by atoms with Crippen LogP contribution in [0.5, 0.6) is 5.75 Å². The van der Waals surface area contributed by atoms with Crippen LogP contribution in [-0.2, 0) is 9.47 Å². The minimum atomic E-state index is 0. The summed E-state index contributed by atoms with van der Waals surface area (Å²) < 4.78 is 16.8. The molecule has 0 amide bonds. The predicted molar refractivity (Wildman–Crippen MR) is 125 cm³/mol. The van der Waals surface area contributed by atoms with Gasteiger partial charge < -0.3 is 24.4 Å². The third-order valence-electron chi connectivity index (χ3n) is 4.57. The number of nitrogens with one attached hydrogen (secondary N) is 1. The van der Waals surface area contributed by atoms with E-state index in [9.17, 15) is 0 Å². The van der Waals surface area contributed by atoms with Gasteiger partial charge in [0.05, 0.1) is 12.6 Å². The van der Waals surface area contributed by atoms with Gasteiger partial charge >= 0.3 is 0 Å². The van der Waals surface area contributed by atoms with Gasteiger partial charge in [-0.15, -0.1) is 24.0 Å². The molecule has 0 bridgehead atoms. The molecular weight excluding hydrogens is 469 g/mol. The molecule has 0 spiro atoms. The summed E-state index contributed by atoms with van der Waals surface area (Å²) in [4.78, 5) is 7.05. The number of piperidine rings is 1. The fourth-order valence-corrected chi connectivity index (χ4v) is 3.06. The number of hydrogen-bond donors (Lipinski definition) is 1. The lowest BCUT2D eigenvalue weighted by molar-refractivity contribution is 0.00990. The van der Waals surface area contributed by atoms with E-state index in [1.54, 1.807) is 7.11 Å². The van der Waals surface area contributed by atoms with Crippen LogP contribution in [0.4, 0.5) is 0 Å². The number of benzene rings is 1. The lowest BCUT2D eigenvalue weighted by atomic mass is 10.1. The van der Waals surface area contributed by atoms with Crippen molar-refractivity contribution in [3.05, 3.63) is 29.8 Å². The summed E-state index contributed by atoms with van der Waals surface area (Å²) in [6.07, 6.45) is 3.39. The smallest absolute Gasteiger partial charge is 0.194 e. The maximum atomic E-state index is 5.94. The van der Waals surface area contributed by atoms with Gasteiger partial charge in [-0.1, -0.05) is 17.7 Å². The first-order valence-corrected chi connectivity index (χ1v) is 10.1. The second-order valence-corrected chi connectivity index (χ2v) is 6.80. The lowest BCUT2D eigenvalue weighted by Crippen LogP contribution is -2.47. The fourth-order valence-electron chi connectivity index (χ4n) is 3.06. The van der Waals surface area contributed by atoms with E-state index in [0.717, 1.165) is 63.8 Å². The largest absolute Gasteiger partial charge is 0.492 e. The molecule has 1 aromatic rings. The molecule has 0 unspecified atom stereocenters. The van der Waals surface area contributed by atoms with E-state index in [2.05, 4.69) is 36.2 Å². The molecule has 6 nitrogen and oxygen atoms in total. The molecular formula is C21H36IN3O3. The Morgan fingerprint density at radius 1 is 1.14 bits per heavy atom. The van der Waals surface area contributed by atoms with Gasteiger partial charge in [-0.25, -0.2) is 4.99 Å². The molecule has 1 N–H and O–H groups in total. The number of aliphatic imine (C=N–C) groups is 1. The highest BCUT2D eigenvalue weighted by molar-refractivity contribution is 14.0. The van der Waals surface area contributed by atoms with Gasteiger partial charge in [0.25, 0.3) is 0 Å². The summed E-state index contributed by atoms with van der Waals surface area (Å²) in [7, 11) is 1.73.